The molecule has 0 bridgehead atoms. The molecule has 0 aromatic heterocycles. The third-order valence-electron chi connectivity index (χ3n) is 3.52. The number of hydrogen-bond donors (Lipinski definition) is 1. The smallest absolute Gasteiger partial charge is 0.0705 e. The molecule has 4 heteroatoms. The van der Waals surface area contributed by atoms with Crippen molar-refractivity contribution in [2.75, 3.05) is 46.9 Å². The SMILES string of the molecule is COC(CN)CCN1CCCN(C)CC1C. The Labute approximate surface area is 99.7 Å². The molecule has 2 N–H and O–H groups in total. The van der Waals surface area contributed by atoms with Crippen LogP contribution in [0, 0.1) is 0 Å². The Bertz CT molecular complexity index is 185. The van der Waals surface area contributed by atoms with Gasteiger partial charge in [-0.1, -0.05) is 0 Å². The van der Waals surface area contributed by atoms with Crippen molar-refractivity contribution >= 4 is 0 Å². The normalized spacial score (nSPS) is 26.6. The van der Waals surface area contributed by atoms with E-state index in [1.165, 1.54) is 26.1 Å². The molecule has 1 heterocycles. The van der Waals surface area contributed by atoms with Crippen molar-refractivity contribution < 1.29 is 4.74 Å². The summed E-state index contributed by atoms with van der Waals surface area (Å²) >= 11 is 0. The van der Waals surface area contributed by atoms with Crippen LogP contribution in [0.3, 0.4) is 0 Å². The molecule has 1 aliphatic rings. The second-order valence-corrected chi connectivity index (χ2v) is 4.88. The summed E-state index contributed by atoms with van der Waals surface area (Å²) < 4.78 is 5.32. The van der Waals surface area contributed by atoms with Crippen LogP contribution in [-0.4, -0.2) is 68.8 Å². The fraction of sp³-hybridized carbons (Fsp3) is 1.00. The molecule has 1 rings (SSSR count). The topological polar surface area (TPSA) is 41.7 Å². The molecule has 16 heavy (non-hydrogen) atoms. The highest BCUT2D eigenvalue weighted by molar-refractivity contribution is 4.76. The summed E-state index contributed by atoms with van der Waals surface area (Å²) in [6, 6.07) is 0.641. The fourth-order valence-corrected chi connectivity index (χ4v) is 2.40. The number of nitrogens with two attached hydrogens (primary N) is 1. The van der Waals surface area contributed by atoms with Crippen molar-refractivity contribution in [3.8, 4) is 0 Å². The lowest BCUT2D eigenvalue weighted by molar-refractivity contribution is 0.0833. The summed E-state index contributed by atoms with van der Waals surface area (Å²) in [5.41, 5.74) is 5.63. The van der Waals surface area contributed by atoms with Gasteiger partial charge in [-0.2, -0.15) is 0 Å². The lowest BCUT2D eigenvalue weighted by Crippen LogP contribution is -2.40. The molecule has 96 valence electrons. The predicted octanol–water partition coefficient (Wildman–Crippen LogP) is 0.376. The minimum Gasteiger partial charge on any atom is -0.380 e. The van der Waals surface area contributed by atoms with Gasteiger partial charge in [-0.05, 0) is 39.9 Å². The van der Waals surface area contributed by atoms with Crippen molar-refractivity contribution in [1.29, 1.82) is 0 Å². The standard InChI is InChI=1S/C12H27N3O/c1-11-10-14(2)6-4-7-15(11)8-5-12(9-13)16-3/h11-12H,4-10,13H2,1-3H3. The zero-order valence-electron chi connectivity index (χ0n) is 11.0. The monoisotopic (exact) mass is 229 g/mol. The summed E-state index contributed by atoms with van der Waals surface area (Å²) in [4.78, 5) is 4.98. The maximum absolute atomic E-state index is 5.63. The first-order chi connectivity index (χ1) is 7.67. The fourth-order valence-electron chi connectivity index (χ4n) is 2.40. The van der Waals surface area contributed by atoms with E-state index in [0.717, 1.165) is 13.0 Å². The van der Waals surface area contributed by atoms with Crippen molar-refractivity contribution in [3.63, 3.8) is 0 Å². The molecule has 0 aromatic rings. The molecular formula is C12H27N3O. The predicted molar refractivity (Wildman–Crippen MR) is 67.6 cm³/mol. The van der Waals surface area contributed by atoms with E-state index >= 15 is 0 Å². The lowest BCUT2D eigenvalue weighted by Gasteiger charge is -2.29. The maximum atomic E-state index is 5.63. The maximum Gasteiger partial charge on any atom is 0.0705 e. The van der Waals surface area contributed by atoms with Crippen LogP contribution < -0.4 is 5.73 Å². The van der Waals surface area contributed by atoms with E-state index in [1.54, 1.807) is 7.11 Å². The molecule has 0 aromatic carbocycles. The molecule has 0 spiro atoms. The van der Waals surface area contributed by atoms with Crippen molar-refractivity contribution in [3.05, 3.63) is 0 Å². The third kappa shape index (κ3) is 4.37. The van der Waals surface area contributed by atoms with Gasteiger partial charge in [0, 0.05) is 32.8 Å². The van der Waals surface area contributed by atoms with Crippen LogP contribution in [0.25, 0.3) is 0 Å². The number of hydrogen-bond acceptors (Lipinski definition) is 4. The first kappa shape index (κ1) is 13.9. The molecule has 1 aliphatic heterocycles. The van der Waals surface area contributed by atoms with E-state index in [0.29, 0.717) is 12.6 Å². The van der Waals surface area contributed by atoms with Gasteiger partial charge in [0.25, 0.3) is 0 Å². The number of likely N-dealkylation sites (N-methyl/N-ethyl adjacent to an activating group) is 1. The van der Waals surface area contributed by atoms with Gasteiger partial charge < -0.3 is 15.4 Å². The van der Waals surface area contributed by atoms with Gasteiger partial charge in [0.15, 0.2) is 0 Å². The summed E-state index contributed by atoms with van der Waals surface area (Å²) in [5.74, 6) is 0. The molecule has 1 fully saturated rings. The van der Waals surface area contributed by atoms with E-state index in [2.05, 4.69) is 23.8 Å². The van der Waals surface area contributed by atoms with Gasteiger partial charge in [-0.15, -0.1) is 0 Å². The number of methoxy groups -OCH3 is 1. The number of nitrogens with zero attached hydrogens (tertiary/aromatic N) is 2. The molecule has 1 saturated heterocycles. The Hall–Kier alpha value is -0.160. The Morgan fingerprint density at radius 3 is 2.81 bits per heavy atom. The van der Waals surface area contributed by atoms with E-state index in [-0.39, 0.29) is 6.10 Å². The van der Waals surface area contributed by atoms with Crippen LogP contribution in [0.1, 0.15) is 19.8 Å². The van der Waals surface area contributed by atoms with Gasteiger partial charge in [0.2, 0.25) is 0 Å². The second-order valence-electron chi connectivity index (χ2n) is 4.88. The quantitative estimate of drug-likeness (QED) is 0.740. The van der Waals surface area contributed by atoms with Crippen LogP contribution in [-0.2, 0) is 4.74 Å². The van der Waals surface area contributed by atoms with Gasteiger partial charge in [0.1, 0.15) is 0 Å². The third-order valence-corrected chi connectivity index (χ3v) is 3.52. The molecule has 0 saturated carbocycles. The van der Waals surface area contributed by atoms with Crippen molar-refractivity contribution in [2.45, 2.75) is 31.9 Å². The average molecular weight is 229 g/mol. The van der Waals surface area contributed by atoms with Crippen LogP contribution in [0.4, 0.5) is 0 Å². The van der Waals surface area contributed by atoms with E-state index in [1.807, 2.05) is 0 Å². The van der Waals surface area contributed by atoms with Crippen molar-refractivity contribution in [2.24, 2.45) is 5.73 Å². The van der Waals surface area contributed by atoms with Gasteiger partial charge in [0.05, 0.1) is 6.10 Å². The van der Waals surface area contributed by atoms with E-state index in [9.17, 15) is 0 Å². The largest absolute Gasteiger partial charge is 0.380 e. The summed E-state index contributed by atoms with van der Waals surface area (Å²) in [7, 11) is 3.95. The Morgan fingerprint density at radius 1 is 1.44 bits per heavy atom. The van der Waals surface area contributed by atoms with Gasteiger partial charge in [-0.25, -0.2) is 0 Å². The van der Waals surface area contributed by atoms with Crippen LogP contribution in [0.2, 0.25) is 0 Å². The Morgan fingerprint density at radius 2 is 2.19 bits per heavy atom. The van der Waals surface area contributed by atoms with E-state index in [4.69, 9.17) is 10.5 Å². The van der Waals surface area contributed by atoms with Crippen LogP contribution >= 0.6 is 0 Å². The zero-order chi connectivity index (χ0) is 12.0. The highest BCUT2D eigenvalue weighted by Crippen LogP contribution is 2.10. The van der Waals surface area contributed by atoms with E-state index < -0.39 is 0 Å². The summed E-state index contributed by atoms with van der Waals surface area (Å²) in [6.07, 6.45) is 2.52. The van der Waals surface area contributed by atoms with Crippen molar-refractivity contribution in [1.82, 2.24) is 9.80 Å². The Balaban J connectivity index is 2.34. The molecule has 2 unspecified atom stereocenters. The molecular weight excluding hydrogens is 202 g/mol. The summed E-state index contributed by atoms with van der Waals surface area (Å²) in [6.45, 7) is 7.62. The number of rotatable bonds is 5. The number of ether oxygens (including phenoxy) is 1. The molecule has 0 radical (unpaired) electrons. The lowest BCUT2D eigenvalue weighted by atomic mass is 10.2. The first-order valence-electron chi connectivity index (χ1n) is 6.32. The van der Waals surface area contributed by atoms with Crippen LogP contribution in [0.5, 0.6) is 0 Å². The molecule has 0 aliphatic carbocycles. The first-order valence-corrected chi connectivity index (χ1v) is 6.32. The molecule has 4 nitrogen and oxygen atoms in total. The minimum absolute atomic E-state index is 0.216. The highest BCUT2D eigenvalue weighted by atomic mass is 16.5. The Kier molecular flexibility index (Phi) is 6.28. The highest BCUT2D eigenvalue weighted by Gasteiger charge is 2.19. The summed E-state index contributed by atoms with van der Waals surface area (Å²) in [5, 5.41) is 0. The van der Waals surface area contributed by atoms with Gasteiger partial charge in [-0.3, -0.25) is 4.90 Å². The molecule has 2 atom stereocenters. The molecule has 0 amide bonds. The average Bonchev–Trinajstić information content (AvgIpc) is 2.42. The second kappa shape index (κ2) is 7.22. The zero-order valence-corrected chi connectivity index (χ0v) is 11.0. The minimum atomic E-state index is 0.216. The van der Waals surface area contributed by atoms with Crippen LogP contribution in [0.15, 0.2) is 0 Å². The van der Waals surface area contributed by atoms with Gasteiger partial charge >= 0.3 is 0 Å².